The molecule has 2 aliphatic heterocycles. The summed E-state index contributed by atoms with van der Waals surface area (Å²) in [6, 6.07) is 15.5. The van der Waals surface area contributed by atoms with Crippen LogP contribution in [0.5, 0.6) is 0 Å². The van der Waals surface area contributed by atoms with E-state index in [1.54, 1.807) is 25.1 Å². The van der Waals surface area contributed by atoms with Crippen molar-refractivity contribution in [2.45, 2.75) is 24.8 Å². The number of nitrogens with zero attached hydrogens (tertiary/aromatic N) is 3. The van der Waals surface area contributed by atoms with Gasteiger partial charge in [0, 0.05) is 25.3 Å². The van der Waals surface area contributed by atoms with Gasteiger partial charge in [0.1, 0.15) is 5.92 Å². The Hall–Kier alpha value is -2.99. The first kappa shape index (κ1) is 20.3. The molecule has 1 saturated heterocycles. The monoisotopic (exact) mass is 404 g/mol. The molecule has 1 N–H and O–H groups in total. The minimum atomic E-state index is -0.517. The third-order valence-electron chi connectivity index (χ3n) is 5.89. The number of fused-ring (bicyclic) bond motifs is 1. The van der Waals surface area contributed by atoms with Crippen LogP contribution in [0.3, 0.4) is 0 Å². The number of amides is 2. The van der Waals surface area contributed by atoms with Crippen LogP contribution in [0.2, 0.25) is 0 Å². The van der Waals surface area contributed by atoms with E-state index in [4.69, 9.17) is 4.99 Å². The Kier molecular flexibility index (Phi) is 5.68. The molecule has 0 aromatic heterocycles. The van der Waals surface area contributed by atoms with Crippen LogP contribution in [0.25, 0.3) is 0 Å². The average molecular weight is 405 g/mol. The fourth-order valence-corrected chi connectivity index (χ4v) is 4.17. The number of anilines is 1. The summed E-state index contributed by atoms with van der Waals surface area (Å²) in [6.07, 6.45) is 1.96. The molecule has 0 saturated carbocycles. The number of carbonyl (C=O) groups excluding carboxylic acids is 2. The van der Waals surface area contributed by atoms with Gasteiger partial charge in [-0.25, -0.2) is 0 Å². The molecule has 6 heteroatoms. The van der Waals surface area contributed by atoms with Crippen LogP contribution in [0.1, 0.15) is 40.2 Å². The normalized spacial score (nSPS) is 20.0. The number of hydrogen-bond donors (Lipinski definition) is 1. The minimum Gasteiger partial charge on any atom is -0.345 e. The summed E-state index contributed by atoms with van der Waals surface area (Å²) >= 11 is 0. The first-order chi connectivity index (χ1) is 14.4. The van der Waals surface area contributed by atoms with Crippen molar-refractivity contribution in [2.24, 2.45) is 4.99 Å². The summed E-state index contributed by atoms with van der Waals surface area (Å²) < 4.78 is 0. The standard InChI is InChI=1S/C24H28N4O2/c1-27(2)24(30)17-9-10-20-19(15-17)21(23(29)26-20)22(16-7-5-4-6-8-16)25-18-11-13-28(3)14-12-18/h4-10,15,18,21H,11-14H2,1-3H3,(H,26,29). The Balaban J connectivity index is 1.77. The highest BCUT2D eigenvalue weighted by Crippen LogP contribution is 2.36. The molecule has 1 unspecified atom stereocenters. The topological polar surface area (TPSA) is 65.0 Å². The predicted molar refractivity (Wildman–Crippen MR) is 119 cm³/mol. The van der Waals surface area contributed by atoms with Crippen molar-refractivity contribution < 1.29 is 9.59 Å². The van der Waals surface area contributed by atoms with Crippen molar-refractivity contribution in [3.63, 3.8) is 0 Å². The summed E-state index contributed by atoms with van der Waals surface area (Å²) in [7, 11) is 5.59. The largest absolute Gasteiger partial charge is 0.345 e. The lowest BCUT2D eigenvalue weighted by atomic mass is 9.89. The zero-order chi connectivity index (χ0) is 21.3. The molecule has 1 atom stereocenters. The highest BCUT2D eigenvalue weighted by molar-refractivity contribution is 6.24. The second kappa shape index (κ2) is 8.40. The van der Waals surface area contributed by atoms with E-state index in [2.05, 4.69) is 17.3 Å². The molecule has 2 heterocycles. The van der Waals surface area contributed by atoms with E-state index in [0.29, 0.717) is 5.56 Å². The fraction of sp³-hybridized carbons (Fsp3) is 0.375. The molecule has 2 amide bonds. The van der Waals surface area contributed by atoms with Gasteiger partial charge in [0.25, 0.3) is 5.91 Å². The van der Waals surface area contributed by atoms with Gasteiger partial charge in [0.15, 0.2) is 0 Å². The van der Waals surface area contributed by atoms with Crippen molar-refractivity contribution in [1.29, 1.82) is 0 Å². The number of hydrogen-bond acceptors (Lipinski definition) is 4. The molecule has 30 heavy (non-hydrogen) atoms. The molecule has 6 nitrogen and oxygen atoms in total. The molecule has 0 aliphatic carbocycles. The van der Waals surface area contributed by atoms with Crippen LogP contribution in [0, 0.1) is 0 Å². The number of aliphatic imine (C=N–C) groups is 1. The molecule has 0 spiro atoms. The zero-order valence-corrected chi connectivity index (χ0v) is 17.8. The number of carbonyl (C=O) groups is 2. The first-order valence-electron chi connectivity index (χ1n) is 10.4. The molecule has 1 fully saturated rings. The van der Waals surface area contributed by atoms with E-state index in [1.165, 1.54) is 0 Å². The van der Waals surface area contributed by atoms with Crippen LogP contribution in [0.4, 0.5) is 5.69 Å². The highest BCUT2D eigenvalue weighted by atomic mass is 16.2. The maximum atomic E-state index is 13.1. The molecule has 2 aromatic rings. The average Bonchev–Trinajstić information content (AvgIpc) is 3.08. The molecule has 4 rings (SSSR count). The molecule has 2 aliphatic rings. The van der Waals surface area contributed by atoms with Gasteiger partial charge in [0.05, 0.1) is 11.8 Å². The number of rotatable bonds is 4. The molecular formula is C24H28N4O2. The summed E-state index contributed by atoms with van der Waals surface area (Å²) in [6.45, 7) is 2.01. The van der Waals surface area contributed by atoms with Gasteiger partial charge in [0.2, 0.25) is 5.91 Å². The quantitative estimate of drug-likeness (QED) is 0.797. The van der Waals surface area contributed by atoms with Crippen LogP contribution >= 0.6 is 0 Å². The lowest BCUT2D eigenvalue weighted by molar-refractivity contribution is -0.115. The number of nitrogens with one attached hydrogen (secondary N) is 1. The second-order valence-electron chi connectivity index (χ2n) is 8.34. The summed E-state index contributed by atoms with van der Waals surface area (Å²) in [5.74, 6) is -0.684. The lowest BCUT2D eigenvalue weighted by Crippen LogP contribution is -2.33. The Morgan fingerprint density at radius 2 is 1.77 bits per heavy atom. The summed E-state index contributed by atoms with van der Waals surface area (Å²) in [5, 5.41) is 2.98. The van der Waals surface area contributed by atoms with E-state index >= 15 is 0 Å². The fourth-order valence-electron chi connectivity index (χ4n) is 4.17. The minimum absolute atomic E-state index is 0.0792. The van der Waals surface area contributed by atoms with E-state index in [-0.39, 0.29) is 17.9 Å². The van der Waals surface area contributed by atoms with Crippen molar-refractivity contribution in [1.82, 2.24) is 9.80 Å². The van der Waals surface area contributed by atoms with E-state index in [9.17, 15) is 9.59 Å². The highest BCUT2D eigenvalue weighted by Gasteiger charge is 2.36. The van der Waals surface area contributed by atoms with E-state index < -0.39 is 5.92 Å². The van der Waals surface area contributed by atoms with Gasteiger partial charge in [-0.1, -0.05) is 30.3 Å². The SMILES string of the molecule is CN1CCC(N=C(c2ccccc2)C2C(=O)Nc3ccc(C(=O)N(C)C)cc32)CC1. The lowest BCUT2D eigenvalue weighted by Gasteiger charge is -2.28. The summed E-state index contributed by atoms with van der Waals surface area (Å²) in [5.41, 5.74) is 3.90. The van der Waals surface area contributed by atoms with Gasteiger partial charge in [-0.3, -0.25) is 14.6 Å². The van der Waals surface area contributed by atoms with E-state index in [1.807, 2.05) is 42.5 Å². The number of likely N-dealkylation sites (tertiary alicyclic amines) is 1. The Bertz CT molecular complexity index is 976. The molecule has 0 radical (unpaired) electrons. The zero-order valence-electron chi connectivity index (χ0n) is 17.8. The van der Waals surface area contributed by atoms with Crippen molar-refractivity contribution in [2.75, 3.05) is 39.5 Å². The van der Waals surface area contributed by atoms with Gasteiger partial charge >= 0.3 is 0 Å². The Labute approximate surface area is 177 Å². The van der Waals surface area contributed by atoms with Crippen LogP contribution < -0.4 is 5.32 Å². The van der Waals surface area contributed by atoms with Gasteiger partial charge in [-0.05, 0) is 62.3 Å². The maximum absolute atomic E-state index is 13.1. The van der Waals surface area contributed by atoms with Crippen molar-refractivity contribution >= 4 is 23.2 Å². The van der Waals surface area contributed by atoms with Gasteiger partial charge in [-0.2, -0.15) is 0 Å². The Morgan fingerprint density at radius 1 is 1.07 bits per heavy atom. The van der Waals surface area contributed by atoms with E-state index in [0.717, 1.165) is 48.5 Å². The first-order valence-corrected chi connectivity index (χ1v) is 10.4. The van der Waals surface area contributed by atoms with Crippen LogP contribution in [0.15, 0.2) is 53.5 Å². The van der Waals surface area contributed by atoms with Crippen LogP contribution in [-0.4, -0.2) is 67.6 Å². The smallest absolute Gasteiger partial charge is 0.253 e. The van der Waals surface area contributed by atoms with Gasteiger partial charge in [-0.15, -0.1) is 0 Å². The molecule has 0 bridgehead atoms. The maximum Gasteiger partial charge on any atom is 0.253 e. The number of piperidine rings is 1. The Morgan fingerprint density at radius 3 is 2.43 bits per heavy atom. The molecular weight excluding hydrogens is 376 g/mol. The van der Waals surface area contributed by atoms with Gasteiger partial charge < -0.3 is 15.1 Å². The molecule has 2 aromatic carbocycles. The second-order valence-corrected chi connectivity index (χ2v) is 8.34. The van der Waals surface area contributed by atoms with Crippen molar-refractivity contribution in [3.05, 3.63) is 65.2 Å². The summed E-state index contributed by atoms with van der Waals surface area (Å²) in [4.78, 5) is 34.5. The predicted octanol–water partition coefficient (Wildman–Crippen LogP) is 3.01. The molecule has 156 valence electrons. The van der Waals surface area contributed by atoms with Crippen LogP contribution in [-0.2, 0) is 4.79 Å². The third-order valence-corrected chi connectivity index (χ3v) is 5.89. The third kappa shape index (κ3) is 4.00. The van der Waals surface area contributed by atoms with Crippen molar-refractivity contribution in [3.8, 4) is 0 Å². The number of benzene rings is 2.